The summed E-state index contributed by atoms with van der Waals surface area (Å²) in [6.07, 6.45) is 1.59. The minimum Gasteiger partial charge on any atom is -0.464 e. The molecule has 18 heavy (non-hydrogen) atoms. The molecular formula is C13H21N3O2. The van der Waals surface area contributed by atoms with Gasteiger partial charge in [0.05, 0.1) is 7.11 Å². The lowest BCUT2D eigenvalue weighted by molar-refractivity contribution is 0.0594. The van der Waals surface area contributed by atoms with Crippen LogP contribution in [0.15, 0.2) is 18.3 Å². The lowest BCUT2D eigenvalue weighted by Crippen LogP contribution is -2.44. The van der Waals surface area contributed by atoms with E-state index in [0.717, 1.165) is 12.2 Å². The van der Waals surface area contributed by atoms with Crippen LogP contribution in [0.5, 0.6) is 0 Å². The van der Waals surface area contributed by atoms with Crippen LogP contribution in [0, 0.1) is 0 Å². The molecule has 5 nitrogen and oxygen atoms in total. The average molecular weight is 251 g/mol. The molecule has 0 atom stereocenters. The number of rotatable bonds is 5. The van der Waals surface area contributed by atoms with Gasteiger partial charge in [-0.3, -0.25) is 0 Å². The van der Waals surface area contributed by atoms with E-state index in [4.69, 9.17) is 0 Å². The quantitative estimate of drug-likeness (QED) is 0.806. The largest absolute Gasteiger partial charge is 0.464 e. The van der Waals surface area contributed by atoms with Crippen LogP contribution in [0.1, 0.15) is 24.3 Å². The van der Waals surface area contributed by atoms with Crippen LogP contribution in [0.2, 0.25) is 0 Å². The van der Waals surface area contributed by atoms with E-state index < -0.39 is 5.97 Å². The normalized spacial score (nSPS) is 11.4. The topological polar surface area (TPSA) is 54.5 Å². The SMILES string of the molecule is COC(=O)c1cc(NCC(C)(C)N(C)C)ccn1. The summed E-state index contributed by atoms with van der Waals surface area (Å²) in [6, 6.07) is 3.52. The highest BCUT2D eigenvalue weighted by molar-refractivity contribution is 5.88. The molecule has 0 unspecified atom stereocenters. The number of carbonyl (C=O) groups is 1. The number of esters is 1. The van der Waals surface area contributed by atoms with E-state index in [1.165, 1.54) is 7.11 Å². The van der Waals surface area contributed by atoms with Crippen LogP contribution >= 0.6 is 0 Å². The van der Waals surface area contributed by atoms with Gasteiger partial charge in [-0.05, 0) is 40.1 Å². The lowest BCUT2D eigenvalue weighted by atomic mass is 10.0. The summed E-state index contributed by atoms with van der Waals surface area (Å²) in [6.45, 7) is 5.05. The number of ether oxygens (including phenoxy) is 1. The minimum atomic E-state index is -0.425. The molecule has 1 aromatic heterocycles. The van der Waals surface area contributed by atoms with Crippen molar-refractivity contribution in [1.82, 2.24) is 9.88 Å². The zero-order valence-electron chi connectivity index (χ0n) is 11.7. The van der Waals surface area contributed by atoms with Gasteiger partial charge in [0.2, 0.25) is 0 Å². The van der Waals surface area contributed by atoms with Crippen LogP contribution < -0.4 is 5.32 Å². The summed E-state index contributed by atoms with van der Waals surface area (Å²) in [5.74, 6) is -0.425. The zero-order valence-corrected chi connectivity index (χ0v) is 11.7. The maximum absolute atomic E-state index is 11.4. The summed E-state index contributed by atoms with van der Waals surface area (Å²) in [7, 11) is 5.42. The summed E-state index contributed by atoms with van der Waals surface area (Å²) in [4.78, 5) is 17.5. The third-order valence-electron chi connectivity index (χ3n) is 3.09. The van der Waals surface area contributed by atoms with Gasteiger partial charge in [-0.2, -0.15) is 0 Å². The van der Waals surface area contributed by atoms with Crippen LogP contribution in [-0.2, 0) is 4.74 Å². The number of methoxy groups -OCH3 is 1. The molecule has 0 amide bonds. The number of carbonyl (C=O) groups excluding carboxylic acids is 1. The van der Waals surface area contributed by atoms with E-state index in [1.807, 2.05) is 20.2 Å². The molecule has 0 aliphatic carbocycles. The van der Waals surface area contributed by atoms with E-state index in [0.29, 0.717) is 5.69 Å². The predicted octanol–water partition coefficient (Wildman–Crippen LogP) is 1.62. The number of likely N-dealkylation sites (N-methyl/N-ethyl adjacent to an activating group) is 1. The third-order valence-corrected chi connectivity index (χ3v) is 3.09. The van der Waals surface area contributed by atoms with E-state index in [1.54, 1.807) is 12.3 Å². The van der Waals surface area contributed by atoms with E-state index >= 15 is 0 Å². The van der Waals surface area contributed by atoms with Crippen molar-refractivity contribution < 1.29 is 9.53 Å². The summed E-state index contributed by atoms with van der Waals surface area (Å²) >= 11 is 0. The Morgan fingerprint density at radius 1 is 1.50 bits per heavy atom. The molecule has 1 heterocycles. The Balaban J connectivity index is 2.72. The van der Waals surface area contributed by atoms with Gasteiger partial charge in [0.1, 0.15) is 5.69 Å². The first kappa shape index (κ1) is 14.4. The van der Waals surface area contributed by atoms with Gasteiger partial charge in [0, 0.05) is 24.0 Å². The lowest BCUT2D eigenvalue weighted by Gasteiger charge is -2.33. The van der Waals surface area contributed by atoms with Crippen molar-refractivity contribution in [2.24, 2.45) is 0 Å². The van der Waals surface area contributed by atoms with Gasteiger partial charge in [-0.25, -0.2) is 9.78 Å². The van der Waals surface area contributed by atoms with Gasteiger partial charge in [0.15, 0.2) is 0 Å². The highest BCUT2D eigenvalue weighted by Gasteiger charge is 2.20. The molecule has 1 aromatic rings. The maximum Gasteiger partial charge on any atom is 0.356 e. The van der Waals surface area contributed by atoms with E-state index in [2.05, 4.69) is 33.8 Å². The number of aromatic nitrogens is 1. The van der Waals surface area contributed by atoms with E-state index in [-0.39, 0.29) is 5.54 Å². The van der Waals surface area contributed by atoms with Gasteiger partial charge in [-0.1, -0.05) is 0 Å². The molecule has 1 rings (SSSR count). The molecule has 0 saturated heterocycles. The Kier molecular flexibility index (Phi) is 4.67. The highest BCUT2D eigenvalue weighted by Crippen LogP contribution is 2.14. The number of pyridine rings is 1. The second-order valence-corrected chi connectivity index (χ2v) is 4.98. The number of hydrogen-bond acceptors (Lipinski definition) is 5. The van der Waals surface area contributed by atoms with Crippen molar-refractivity contribution in [3.05, 3.63) is 24.0 Å². The molecule has 0 bridgehead atoms. The van der Waals surface area contributed by atoms with Gasteiger partial charge < -0.3 is 15.0 Å². The standard InChI is InChI=1S/C13H21N3O2/c1-13(2,16(3)4)9-15-10-6-7-14-11(8-10)12(17)18-5/h6-8H,9H2,1-5H3,(H,14,15). The third kappa shape index (κ3) is 3.70. The Morgan fingerprint density at radius 2 is 2.17 bits per heavy atom. The Morgan fingerprint density at radius 3 is 2.72 bits per heavy atom. The summed E-state index contributed by atoms with van der Waals surface area (Å²) < 4.78 is 4.64. The predicted molar refractivity (Wildman–Crippen MR) is 71.8 cm³/mol. The first-order valence-corrected chi connectivity index (χ1v) is 5.82. The summed E-state index contributed by atoms with van der Waals surface area (Å²) in [5, 5.41) is 3.30. The minimum absolute atomic E-state index is 0.0225. The first-order chi connectivity index (χ1) is 8.36. The molecular weight excluding hydrogens is 230 g/mol. The van der Waals surface area contributed by atoms with Gasteiger partial charge >= 0.3 is 5.97 Å². The molecule has 0 saturated carbocycles. The Labute approximate surface area is 108 Å². The van der Waals surface area contributed by atoms with Crippen molar-refractivity contribution in [2.75, 3.05) is 33.1 Å². The second-order valence-electron chi connectivity index (χ2n) is 4.98. The van der Waals surface area contributed by atoms with Crippen molar-refractivity contribution >= 4 is 11.7 Å². The number of anilines is 1. The van der Waals surface area contributed by atoms with Crippen LogP contribution in [0.25, 0.3) is 0 Å². The first-order valence-electron chi connectivity index (χ1n) is 5.82. The smallest absolute Gasteiger partial charge is 0.356 e. The highest BCUT2D eigenvalue weighted by atomic mass is 16.5. The van der Waals surface area contributed by atoms with Crippen molar-refractivity contribution in [3.63, 3.8) is 0 Å². The molecule has 100 valence electrons. The van der Waals surface area contributed by atoms with Crippen LogP contribution in [0.3, 0.4) is 0 Å². The molecule has 5 heteroatoms. The van der Waals surface area contributed by atoms with Crippen LogP contribution in [0.4, 0.5) is 5.69 Å². The molecule has 0 radical (unpaired) electrons. The second kappa shape index (κ2) is 5.82. The van der Waals surface area contributed by atoms with Crippen molar-refractivity contribution in [2.45, 2.75) is 19.4 Å². The number of nitrogens with one attached hydrogen (secondary N) is 1. The van der Waals surface area contributed by atoms with Crippen LogP contribution in [-0.4, -0.2) is 49.1 Å². The molecule has 1 N–H and O–H groups in total. The molecule has 0 spiro atoms. The molecule has 0 aliphatic heterocycles. The average Bonchev–Trinajstić information content (AvgIpc) is 2.35. The summed E-state index contributed by atoms with van der Waals surface area (Å²) in [5.41, 5.74) is 1.19. The van der Waals surface area contributed by atoms with Crippen molar-refractivity contribution in [1.29, 1.82) is 0 Å². The fraction of sp³-hybridized carbons (Fsp3) is 0.538. The Bertz CT molecular complexity index is 416. The maximum atomic E-state index is 11.4. The number of hydrogen-bond donors (Lipinski definition) is 1. The monoisotopic (exact) mass is 251 g/mol. The molecule has 0 aromatic carbocycles. The fourth-order valence-corrected chi connectivity index (χ4v) is 1.23. The fourth-order valence-electron chi connectivity index (χ4n) is 1.23. The molecule has 0 fully saturated rings. The number of nitrogens with zero attached hydrogens (tertiary/aromatic N) is 2. The van der Waals surface area contributed by atoms with Gasteiger partial charge in [0.25, 0.3) is 0 Å². The van der Waals surface area contributed by atoms with Gasteiger partial charge in [-0.15, -0.1) is 0 Å². The Hall–Kier alpha value is -1.62. The van der Waals surface area contributed by atoms with E-state index in [9.17, 15) is 4.79 Å². The van der Waals surface area contributed by atoms with Crippen molar-refractivity contribution in [3.8, 4) is 0 Å². The zero-order chi connectivity index (χ0) is 13.8. The molecule has 0 aliphatic rings.